The molecular formula is C23H22N4O. The van der Waals surface area contributed by atoms with E-state index in [0.717, 1.165) is 22.3 Å². The fourth-order valence-corrected chi connectivity index (χ4v) is 3.56. The fourth-order valence-electron chi connectivity index (χ4n) is 3.56. The van der Waals surface area contributed by atoms with E-state index >= 15 is 0 Å². The molecular weight excluding hydrogens is 348 g/mol. The molecule has 0 unspecified atom stereocenters. The quantitative estimate of drug-likeness (QED) is 0.538. The van der Waals surface area contributed by atoms with Gasteiger partial charge in [-0.2, -0.15) is 0 Å². The van der Waals surface area contributed by atoms with E-state index in [1.54, 1.807) is 6.20 Å². The first-order valence-electron chi connectivity index (χ1n) is 9.22. The number of rotatable bonds is 4. The number of aromatic nitrogens is 2. The Morgan fingerprint density at radius 1 is 1.04 bits per heavy atom. The molecule has 2 N–H and O–H groups in total. The van der Waals surface area contributed by atoms with Crippen LogP contribution in [0.3, 0.4) is 0 Å². The van der Waals surface area contributed by atoms with E-state index in [2.05, 4.69) is 46.3 Å². The molecule has 0 saturated carbocycles. The maximum atomic E-state index is 12.2. The fraction of sp³-hybridized carbons (Fsp3) is 0.130. The van der Waals surface area contributed by atoms with Gasteiger partial charge in [0.25, 0.3) is 0 Å². The number of fused-ring (bicyclic) bond motifs is 1. The van der Waals surface area contributed by atoms with Crippen LogP contribution in [0.25, 0.3) is 22.2 Å². The Morgan fingerprint density at radius 3 is 2.57 bits per heavy atom. The second-order valence-electron chi connectivity index (χ2n) is 6.76. The van der Waals surface area contributed by atoms with Crippen molar-refractivity contribution in [3.8, 4) is 11.3 Å². The lowest BCUT2D eigenvalue weighted by Gasteiger charge is -2.08. The summed E-state index contributed by atoms with van der Waals surface area (Å²) in [4.78, 5) is 16.5. The summed E-state index contributed by atoms with van der Waals surface area (Å²) >= 11 is 0. The van der Waals surface area contributed by atoms with Crippen LogP contribution in [0.1, 0.15) is 11.3 Å². The lowest BCUT2D eigenvalue weighted by atomic mass is 10.1. The van der Waals surface area contributed by atoms with E-state index < -0.39 is 0 Å². The molecule has 140 valence electrons. The van der Waals surface area contributed by atoms with Crippen molar-refractivity contribution in [3.63, 3.8) is 0 Å². The van der Waals surface area contributed by atoms with Gasteiger partial charge < -0.3 is 15.2 Å². The van der Waals surface area contributed by atoms with Crippen LogP contribution in [0.5, 0.6) is 0 Å². The van der Waals surface area contributed by atoms with Gasteiger partial charge in [-0.05, 0) is 48.4 Å². The first-order valence-corrected chi connectivity index (χ1v) is 9.22. The molecule has 28 heavy (non-hydrogen) atoms. The Morgan fingerprint density at radius 2 is 1.82 bits per heavy atom. The minimum absolute atomic E-state index is 0.248. The van der Waals surface area contributed by atoms with E-state index in [9.17, 15) is 4.79 Å². The lowest BCUT2D eigenvalue weighted by molar-refractivity contribution is 0.251. The molecule has 2 aromatic carbocycles. The van der Waals surface area contributed by atoms with E-state index in [4.69, 9.17) is 0 Å². The first-order chi connectivity index (χ1) is 13.6. The van der Waals surface area contributed by atoms with E-state index in [-0.39, 0.29) is 6.03 Å². The normalized spacial score (nSPS) is 10.8. The molecule has 4 rings (SSSR count). The van der Waals surface area contributed by atoms with Crippen LogP contribution in [0.15, 0.2) is 72.9 Å². The van der Waals surface area contributed by atoms with Gasteiger partial charge in [-0.25, -0.2) is 4.79 Å². The number of carbonyl (C=O) groups excluding carboxylic acids is 1. The number of aryl methyl sites for hydroxylation is 2. The smallest absolute Gasteiger partial charge is 0.319 e. The second kappa shape index (κ2) is 7.56. The summed E-state index contributed by atoms with van der Waals surface area (Å²) in [7, 11) is 2.07. The van der Waals surface area contributed by atoms with Gasteiger partial charge >= 0.3 is 6.03 Å². The number of nitrogens with one attached hydrogen (secondary N) is 2. The third kappa shape index (κ3) is 3.47. The minimum Gasteiger partial charge on any atom is -0.343 e. The maximum absolute atomic E-state index is 12.2. The largest absolute Gasteiger partial charge is 0.343 e. The molecule has 0 spiro atoms. The highest BCUT2D eigenvalue weighted by Gasteiger charge is 2.14. The molecule has 0 aliphatic heterocycles. The summed E-state index contributed by atoms with van der Waals surface area (Å²) < 4.78 is 2.20. The first kappa shape index (κ1) is 17.8. The Bertz CT molecular complexity index is 1120. The SMILES string of the molecule is Cc1c(-c2ccccc2)n(C)c2ccc(NC(=O)NCc3ccccn3)cc12. The topological polar surface area (TPSA) is 59.0 Å². The van der Waals surface area contributed by atoms with Gasteiger partial charge in [0.05, 0.1) is 17.9 Å². The van der Waals surface area contributed by atoms with Crippen LogP contribution in [-0.2, 0) is 13.6 Å². The zero-order chi connectivity index (χ0) is 19.5. The highest BCUT2D eigenvalue weighted by atomic mass is 16.2. The predicted octanol–water partition coefficient (Wildman–Crippen LogP) is 4.87. The Kier molecular flexibility index (Phi) is 4.81. The zero-order valence-electron chi connectivity index (χ0n) is 15.9. The number of hydrogen-bond donors (Lipinski definition) is 2. The number of pyridine rings is 1. The van der Waals surface area contributed by atoms with Crippen molar-refractivity contribution >= 4 is 22.6 Å². The molecule has 4 aromatic rings. The second-order valence-corrected chi connectivity index (χ2v) is 6.76. The summed E-state index contributed by atoms with van der Waals surface area (Å²) in [5.41, 5.74) is 6.28. The Hall–Kier alpha value is -3.60. The summed E-state index contributed by atoms with van der Waals surface area (Å²) in [5.74, 6) is 0. The number of anilines is 1. The molecule has 5 nitrogen and oxygen atoms in total. The molecule has 0 radical (unpaired) electrons. The van der Waals surface area contributed by atoms with Crippen LogP contribution in [0.4, 0.5) is 10.5 Å². The summed E-state index contributed by atoms with van der Waals surface area (Å²) in [6, 6.07) is 21.7. The average molecular weight is 370 g/mol. The van der Waals surface area contributed by atoms with Crippen molar-refractivity contribution in [1.29, 1.82) is 0 Å². The lowest BCUT2D eigenvalue weighted by Crippen LogP contribution is -2.28. The third-order valence-corrected chi connectivity index (χ3v) is 4.91. The van der Waals surface area contributed by atoms with Gasteiger partial charge in [-0.1, -0.05) is 36.4 Å². The molecule has 2 aromatic heterocycles. The summed E-state index contributed by atoms with van der Waals surface area (Å²) in [6.07, 6.45) is 1.71. The molecule has 0 aliphatic rings. The molecule has 5 heteroatoms. The van der Waals surface area contributed by atoms with Gasteiger partial charge in [0, 0.05) is 29.8 Å². The van der Waals surface area contributed by atoms with Crippen molar-refractivity contribution in [1.82, 2.24) is 14.9 Å². The molecule has 0 atom stereocenters. The zero-order valence-corrected chi connectivity index (χ0v) is 15.9. The maximum Gasteiger partial charge on any atom is 0.319 e. The number of amides is 2. The monoisotopic (exact) mass is 370 g/mol. The number of benzene rings is 2. The highest BCUT2D eigenvalue weighted by molar-refractivity contribution is 5.97. The van der Waals surface area contributed by atoms with Gasteiger partial charge in [-0.3, -0.25) is 4.98 Å². The molecule has 0 saturated heterocycles. The third-order valence-electron chi connectivity index (χ3n) is 4.91. The van der Waals surface area contributed by atoms with Crippen LogP contribution >= 0.6 is 0 Å². The van der Waals surface area contributed by atoms with Gasteiger partial charge in [0.15, 0.2) is 0 Å². The van der Waals surface area contributed by atoms with Crippen molar-refractivity contribution < 1.29 is 4.79 Å². The van der Waals surface area contributed by atoms with E-state index in [1.807, 2.05) is 54.6 Å². The van der Waals surface area contributed by atoms with Crippen molar-refractivity contribution in [2.24, 2.45) is 7.05 Å². The van der Waals surface area contributed by atoms with Crippen molar-refractivity contribution in [2.45, 2.75) is 13.5 Å². The standard InChI is InChI=1S/C23H22N4O/c1-16-20-14-18(26-23(28)25-15-19-10-6-7-13-24-19)11-12-21(20)27(2)22(16)17-8-4-3-5-9-17/h3-14H,15H2,1-2H3,(H2,25,26,28). The van der Waals surface area contributed by atoms with Crippen molar-refractivity contribution in [3.05, 3.63) is 84.2 Å². The van der Waals surface area contributed by atoms with Crippen LogP contribution < -0.4 is 10.6 Å². The van der Waals surface area contributed by atoms with Crippen molar-refractivity contribution in [2.75, 3.05) is 5.32 Å². The number of carbonyl (C=O) groups is 1. The van der Waals surface area contributed by atoms with Gasteiger partial charge in [0.2, 0.25) is 0 Å². The summed E-state index contributed by atoms with van der Waals surface area (Å²) in [6.45, 7) is 2.51. The van der Waals surface area contributed by atoms with Crippen LogP contribution in [0.2, 0.25) is 0 Å². The highest BCUT2D eigenvalue weighted by Crippen LogP contribution is 2.33. The van der Waals surface area contributed by atoms with E-state index in [1.165, 1.54) is 16.8 Å². The molecule has 0 fully saturated rings. The number of hydrogen-bond acceptors (Lipinski definition) is 2. The van der Waals surface area contributed by atoms with Gasteiger partial charge in [-0.15, -0.1) is 0 Å². The van der Waals surface area contributed by atoms with Crippen LogP contribution in [0, 0.1) is 6.92 Å². The molecule has 2 heterocycles. The molecule has 2 amide bonds. The Labute approximate surface area is 164 Å². The number of nitrogens with zero attached hydrogens (tertiary/aromatic N) is 2. The number of urea groups is 1. The summed E-state index contributed by atoms with van der Waals surface area (Å²) in [5, 5.41) is 6.88. The molecule has 0 bridgehead atoms. The van der Waals surface area contributed by atoms with E-state index in [0.29, 0.717) is 6.54 Å². The Balaban J connectivity index is 1.56. The minimum atomic E-state index is -0.248. The van der Waals surface area contributed by atoms with Crippen LogP contribution in [-0.4, -0.2) is 15.6 Å². The predicted molar refractivity (Wildman–Crippen MR) is 113 cm³/mol. The van der Waals surface area contributed by atoms with Gasteiger partial charge in [0.1, 0.15) is 0 Å². The molecule has 0 aliphatic carbocycles. The average Bonchev–Trinajstić information content (AvgIpc) is 2.98.